The van der Waals surface area contributed by atoms with Crippen LogP contribution >= 0.6 is 0 Å². The number of piperidine rings is 1. The van der Waals surface area contributed by atoms with Crippen molar-refractivity contribution in [2.24, 2.45) is 17.3 Å². The van der Waals surface area contributed by atoms with Crippen LogP contribution in [0, 0.1) is 17.3 Å². The number of carbonyl (C=O) groups is 1. The molecule has 0 bridgehead atoms. The Balaban J connectivity index is 2.17. The van der Waals surface area contributed by atoms with Crippen LogP contribution in [-0.4, -0.2) is 11.9 Å². The van der Waals surface area contributed by atoms with Crippen LogP contribution in [0.2, 0.25) is 0 Å². The van der Waals surface area contributed by atoms with Gasteiger partial charge in [-0.1, -0.05) is 13.8 Å². The Hall–Kier alpha value is -0.530. The Morgan fingerprint density at radius 3 is 2.83 bits per heavy atom. The molecule has 2 nitrogen and oxygen atoms in total. The number of hydrogen-bond donors (Lipinski definition) is 1. The minimum atomic E-state index is 0.255. The van der Waals surface area contributed by atoms with Gasteiger partial charge in [-0.2, -0.15) is 0 Å². The smallest absolute Gasteiger partial charge is 0.220 e. The highest BCUT2D eigenvalue weighted by Crippen LogP contribution is 2.63. The predicted molar refractivity (Wildman–Crippen MR) is 47.6 cm³/mol. The monoisotopic (exact) mass is 167 g/mol. The van der Waals surface area contributed by atoms with Crippen LogP contribution in [0.5, 0.6) is 0 Å². The number of fused-ring (bicyclic) bond motifs is 1. The van der Waals surface area contributed by atoms with Gasteiger partial charge in [-0.05, 0) is 30.6 Å². The molecule has 1 saturated carbocycles. The molecular formula is C10H17NO. The van der Waals surface area contributed by atoms with Crippen molar-refractivity contribution < 1.29 is 4.79 Å². The van der Waals surface area contributed by atoms with Crippen LogP contribution in [-0.2, 0) is 4.79 Å². The van der Waals surface area contributed by atoms with Gasteiger partial charge in [-0.15, -0.1) is 0 Å². The summed E-state index contributed by atoms with van der Waals surface area (Å²) in [6.07, 6.45) is 2.02. The molecule has 12 heavy (non-hydrogen) atoms. The lowest BCUT2D eigenvalue weighted by Crippen LogP contribution is -2.43. The summed E-state index contributed by atoms with van der Waals surface area (Å²) >= 11 is 0. The van der Waals surface area contributed by atoms with Crippen molar-refractivity contribution in [2.75, 3.05) is 0 Å². The van der Waals surface area contributed by atoms with Crippen LogP contribution in [0.3, 0.4) is 0 Å². The summed E-state index contributed by atoms with van der Waals surface area (Å²) < 4.78 is 0. The number of nitrogens with one attached hydrogen (secondary N) is 1. The van der Waals surface area contributed by atoms with Crippen molar-refractivity contribution in [3.63, 3.8) is 0 Å². The van der Waals surface area contributed by atoms with Gasteiger partial charge in [-0.25, -0.2) is 0 Å². The first-order valence-corrected chi connectivity index (χ1v) is 4.85. The summed E-state index contributed by atoms with van der Waals surface area (Å²) in [5.41, 5.74) is 0.377. The van der Waals surface area contributed by atoms with Crippen LogP contribution in [0.4, 0.5) is 0 Å². The minimum Gasteiger partial charge on any atom is -0.353 e. The van der Waals surface area contributed by atoms with Gasteiger partial charge >= 0.3 is 0 Å². The van der Waals surface area contributed by atoms with E-state index >= 15 is 0 Å². The van der Waals surface area contributed by atoms with E-state index in [0.717, 1.165) is 12.3 Å². The van der Waals surface area contributed by atoms with E-state index in [1.165, 1.54) is 6.42 Å². The third-order valence-corrected chi connectivity index (χ3v) is 3.81. The van der Waals surface area contributed by atoms with E-state index in [1.807, 2.05) is 0 Å². The number of rotatable bonds is 1. The summed E-state index contributed by atoms with van der Waals surface area (Å²) in [5.74, 6) is 1.68. The fourth-order valence-electron chi connectivity index (χ4n) is 2.80. The third kappa shape index (κ3) is 0.900. The van der Waals surface area contributed by atoms with E-state index in [4.69, 9.17) is 0 Å². The van der Waals surface area contributed by atoms with Crippen molar-refractivity contribution in [2.45, 2.75) is 39.7 Å². The molecule has 0 aromatic rings. The second-order valence-corrected chi connectivity index (χ2v) is 4.73. The van der Waals surface area contributed by atoms with Gasteiger partial charge in [0.15, 0.2) is 0 Å². The number of carbonyl (C=O) groups excluding carboxylic acids is 1. The molecule has 0 spiro atoms. The molecule has 0 radical (unpaired) electrons. The summed E-state index contributed by atoms with van der Waals surface area (Å²) in [6.45, 7) is 6.61. The van der Waals surface area contributed by atoms with Gasteiger partial charge in [0, 0.05) is 12.5 Å². The van der Waals surface area contributed by atoms with E-state index in [1.54, 1.807) is 0 Å². The van der Waals surface area contributed by atoms with E-state index in [0.29, 0.717) is 17.4 Å². The number of hydrogen-bond acceptors (Lipinski definition) is 1. The Labute approximate surface area is 73.7 Å². The Kier molecular flexibility index (Phi) is 1.51. The second kappa shape index (κ2) is 2.24. The summed E-state index contributed by atoms with van der Waals surface area (Å²) in [7, 11) is 0. The van der Waals surface area contributed by atoms with Gasteiger partial charge in [-0.3, -0.25) is 4.79 Å². The summed E-state index contributed by atoms with van der Waals surface area (Å²) in [4.78, 5) is 11.3. The average molecular weight is 167 g/mol. The molecule has 1 amide bonds. The maximum Gasteiger partial charge on any atom is 0.220 e. The molecule has 0 aromatic heterocycles. The molecule has 1 aliphatic carbocycles. The quantitative estimate of drug-likeness (QED) is 0.631. The van der Waals surface area contributed by atoms with E-state index in [-0.39, 0.29) is 5.91 Å². The Morgan fingerprint density at radius 1 is 1.58 bits per heavy atom. The molecule has 1 N–H and O–H groups in total. The van der Waals surface area contributed by atoms with Gasteiger partial charge in [0.25, 0.3) is 0 Å². The van der Waals surface area contributed by atoms with Crippen LogP contribution in [0.1, 0.15) is 33.6 Å². The van der Waals surface area contributed by atoms with E-state index in [2.05, 4.69) is 26.1 Å². The largest absolute Gasteiger partial charge is 0.353 e. The highest BCUT2D eigenvalue weighted by molar-refractivity contribution is 5.79. The highest BCUT2D eigenvalue weighted by atomic mass is 16.1. The molecule has 3 atom stereocenters. The number of amides is 1. The van der Waals surface area contributed by atoms with Crippen molar-refractivity contribution in [1.82, 2.24) is 5.32 Å². The van der Waals surface area contributed by atoms with Gasteiger partial charge in [0.2, 0.25) is 5.91 Å². The predicted octanol–water partition coefficient (Wildman–Crippen LogP) is 1.56. The first-order chi connectivity index (χ1) is 5.56. The molecule has 1 heterocycles. The van der Waals surface area contributed by atoms with Crippen molar-refractivity contribution in [3.05, 3.63) is 0 Å². The molecule has 2 aliphatic rings. The van der Waals surface area contributed by atoms with Crippen LogP contribution < -0.4 is 5.32 Å². The van der Waals surface area contributed by atoms with E-state index in [9.17, 15) is 4.79 Å². The topological polar surface area (TPSA) is 29.1 Å². The maximum absolute atomic E-state index is 11.3. The molecule has 0 aromatic carbocycles. The fourth-order valence-corrected chi connectivity index (χ4v) is 2.80. The van der Waals surface area contributed by atoms with Crippen molar-refractivity contribution in [3.8, 4) is 0 Å². The standard InChI is InChI=1S/C10H17NO/c1-6(2)10-4-8(10)7(3)11-9(12)5-10/h6-8H,4-5H2,1-3H3,(H,11,12)/t7-,8?,10+/m1/s1. The Morgan fingerprint density at radius 2 is 2.25 bits per heavy atom. The molecule has 1 saturated heterocycles. The SMILES string of the molecule is CC(C)[C@]12CC(=O)N[C@H](C)C1C2. The highest BCUT2D eigenvalue weighted by Gasteiger charge is 2.61. The maximum atomic E-state index is 11.3. The fraction of sp³-hybridized carbons (Fsp3) is 0.900. The van der Waals surface area contributed by atoms with Gasteiger partial charge in [0.05, 0.1) is 0 Å². The summed E-state index contributed by atoms with van der Waals surface area (Å²) in [6, 6.07) is 0.411. The normalized spacial score (nSPS) is 45.5. The zero-order chi connectivity index (χ0) is 8.93. The first kappa shape index (κ1) is 8.09. The molecule has 68 valence electrons. The zero-order valence-corrected chi connectivity index (χ0v) is 8.05. The van der Waals surface area contributed by atoms with Gasteiger partial charge in [0.1, 0.15) is 0 Å². The molecule has 2 rings (SSSR count). The summed E-state index contributed by atoms with van der Waals surface area (Å²) in [5, 5.41) is 3.01. The average Bonchev–Trinajstić information content (AvgIpc) is 2.63. The Bertz CT molecular complexity index is 224. The van der Waals surface area contributed by atoms with Gasteiger partial charge < -0.3 is 5.32 Å². The minimum absolute atomic E-state index is 0.255. The molecule has 1 aliphatic heterocycles. The first-order valence-electron chi connectivity index (χ1n) is 4.85. The van der Waals surface area contributed by atoms with E-state index < -0.39 is 0 Å². The van der Waals surface area contributed by atoms with Crippen molar-refractivity contribution in [1.29, 1.82) is 0 Å². The van der Waals surface area contributed by atoms with Crippen LogP contribution in [0.25, 0.3) is 0 Å². The molecular weight excluding hydrogens is 150 g/mol. The third-order valence-electron chi connectivity index (χ3n) is 3.81. The van der Waals surface area contributed by atoms with Crippen molar-refractivity contribution >= 4 is 5.91 Å². The molecule has 1 unspecified atom stereocenters. The second-order valence-electron chi connectivity index (χ2n) is 4.73. The van der Waals surface area contributed by atoms with Crippen LogP contribution in [0.15, 0.2) is 0 Å². The molecule has 2 heteroatoms. The zero-order valence-electron chi connectivity index (χ0n) is 8.05. The lowest BCUT2D eigenvalue weighted by molar-refractivity contribution is -0.125. The molecule has 2 fully saturated rings. The lowest BCUT2D eigenvalue weighted by atomic mass is 9.82. The lowest BCUT2D eigenvalue weighted by Gasteiger charge is -2.29.